The van der Waals surface area contributed by atoms with Gasteiger partial charge in [0.05, 0.1) is 0 Å². The third-order valence-corrected chi connectivity index (χ3v) is 8.36. The summed E-state index contributed by atoms with van der Waals surface area (Å²) in [5.74, 6) is 2.87. The molecule has 1 spiro atoms. The van der Waals surface area contributed by atoms with E-state index in [1.54, 1.807) is 5.57 Å². The normalized spacial score (nSPS) is 53.4. The maximum Gasteiger partial charge on any atom is -0.0200 e. The average molecular weight is 272 g/mol. The summed E-state index contributed by atoms with van der Waals surface area (Å²) in [4.78, 5) is 0. The first-order valence-corrected chi connectivity index (χ1v) is 9.05. The van der Waals surface area contributed by atoms with Crippen molar-refractivity contribution in [2.45, 2.75) is 78.6 Å². The van der Waals surface area contributed by atoms with E-state index in [0.717, 1.165) is 17.8 Å². The summed E-state index contributed by atoms with van der Waals surface area (Å²) in [5.41, 5.74) is 3.51. The second-order valence-electron chi connectivity index (χ2n) is 9.67. The Morgan fingerprint density at radius 2 is 1.75 bits per heavy atom. The van der Waals surface area contributed by atoms with Crippen LogP contribution in [0.3, 0.4) is 0 Å². The fraction of sp³-hybridized carbons (Fsp3) is 0.900. The molecule has 4 saturated carbocycles. The molecule has 0 amide bonds. The van der Waals surface area contributed by atoms with Gasteiger partial charge >= 0.3 is 0 Å². The number of fused-ring (bicyclic) bond motifs is 3. The minimum absolute atomic E-state index is 0.584. The van der Waals surface area contributed by atoms with E-state index >= 15 is 0 Å². The van der Waals surface area contributed by atoms with Crippen LogP contribution in [0.2, 0.25) is 0 Å². The van der Waals surface area contributed by atoms with Crippen LogP contribution in [0.5, 0.6) is 0 Å². The predicted octanol–water partition coefficient (Wildman–Crippen LogP) is 5.98. The highest BCUT2D eigenvalue weighted by atomic mass is 14.7. The average Bonchev–Trinajstić information content (AvgIpc) is 2.58. The first kappa shape index (κ1) is 13.4. The molecule has 0 nitrogen and oxygen atoms in total. The van der Waals surface area contributed by atoms with Gasteiger partial charge in [0.2, 0.25) is 0 Å². The number of hydrogen-bond acceptors (Lipinski definition) is 0. The largest absolute Gasteiger partial charge is 0.0996 e. The van der Waals surface area contributed by atoms with Crippen LogP contribution in [0.4, 0.5) is 0 Å². The maximum absolute atomic E-state index is 4.44. The SMILES string of the molecule is C=C1C[C@@]23CC[C@@H]4C(C)(C)CCC[C@@]4(C)[C@@H]2CC[C@H]1C3. The van der Waals surface area contributed by atoms with Gasteiger partial charge in [-0.1, -0.05) is 39.3 Å². The van der Waals surface area contributed by atoms with Crippen LogP contribution in [0.1, 0.15) is 78.6 Å². The van der Waals surface area contributed by atoms with Crippen molar-refractivity contribution in [3.05, 3.63) is 12.2 Å². The molecule has 5 atom stereocenters. The van der Waals surface area contributed by atoms with Gasteiger partial charge in [0, 0.05) is 0 Å². The van der Waals surface area contributed by atoms with E-state index in [9.17, 15) is 0 Å². The molecule has 0 aliphatic heterocycles. The van der Waals surface area contributed by atoms with E-state index in [1.165, 1.54) is 57.8 Å². The van der Waals surface area contributed by atoms with E-state index in [-0.39, 0.29) is 0 Å². The van der Waals surface area contributed by atoms with Gasteiger partial charge in [-0.15, -0.1) is 0 Å². The molecule has 4 rings (SSSR count). The molecule has 112 valence electrons. The molecule has 0 aromatic carbocycles. The van der Waals surface area contributed by atoms with Crippen molar-refractivity contribution in [2.24, 2.45) is 34.0 Å². The van der Waals surface area contributed by atoms with Gasteiger partial charge in [0.25, 0.3) is 0 Å². The second kappa shape index (κ2) is 3.93. The summed E-state index contributed by atoms with van der Waals surface area (Å²) in [6, 6.07) is 0. The Labute approximate surface area is 125 Å². The van der Waals surface area contributed by atoms with Gasteiger partial charge in [-0.2, -0.15) is 0 Å². The van der Waals surface area contributed by atoms with Crippen molar-refractivity contribution in [3.63, 3.8) is 0 Å². The topological polar surface area (TPSA) is 0 Å². The zero-order chi connectivity index (χ0) is 14.2. The van der Waals surface area contributed by atoms with Crippen molar-refractivity contribution in [1.29, 1.82) is 0 Å². The molecule has 4 fully saturated rings. The summed E-state index contributed by atoms with van der Waals surface area (Å²) in [6.07, 6.45) is 13.3. The molecule has 0 radical (unpaired) electrons. The Kier molecular flexibility index (Phi) is 2.63. The zero-order valence-electron chi connectivity index (χ0n) is 13.8. The highest BCUT2D eigenvalue weighted by Crippen LogP contribution is 2.72. The second-order valence-corrected chi connectivity index (χ2v) is 9.67. The van der Waals surface area contributed by atoms with Crippen molar-refractivity contribution in [1.82, 2.24) is 0 Å². The third kappa shape index (κ3) is 1.54. The van der Waals surface area contributed by atoms with E-state index in [1.807, 2.05) is 0 Å². The number of allylic oxidation sites excluding steroid dienone is 1. The summed E-state index contributed by atoms with van der Waals surface area (Å²) >= 11 is 0. The minimum atomic E-state index is 0.584. The Morgan fingerprint density at radius 1 is 0.950 bits per heavy atom. The van der Waals surface area contributed by atoms with Gasteiger partial charge < -0.3 is 0 Å². The zero-order valence-corrected chi connectivity index (χ0v) is 13.8. The summed E-state index contributed by atoms with van der Waals surface area (Å²) in [5, 5.41) is 0. The van der Waals surface area contributed by atoms with Crippen LogP contribution in [0.25, 0.3) is 0 Å². The minimum Gasteiger partial charge on any atom is -0.0996 e. The van der Waals surface area contributed by atoms with Crippen molar-refractivity contribution in [3.8, 4) is 0 Å². The third-order valence-electron chi connectivity index (χ3n) is 8.36. The van der Waals surface area contributed by atoms with Crippen LogP contribution in [0, 0.1) is 34.0 Å². The summed E-state index contributed by atoms with van der Waals surface area (Å²) in [7, 11) is 0. The molecular weight excluding hydrogens is 240 g/mol. The van der Waals surface area contributed by atoms with Crippen molar-refractivity contribution >= 4 is 0 Å². The van der Waals surface area contributed by atoms with Crippen LogP contribution >= 0.6 is 0 Å². The van der Waals surface area contributed by atoms with Crippen LogP contribution in [-0.2, 0) is 0 Å². The lowest BCUT2D eigenvalue weighted by molar-refractivity contribution is -0.144. The van der Waals surface area contributed by atoms with Gasteiger partial charge in [0.1, 0.15) is 0 Å². The fourth-order valence-corrected chi connectivity index (χ4v) is 7.68. The summed E-state index contributed by atoms with van der Waals surface area (Å²) < 4.78 is 0. The van der Waals surface area contributed by atoms with Crippen LogP contribution in [-0.4, -0.2) is 0 Å². The van der Waals surface area contributed by atoms with Crippen molar-refractivity contribution in [2.75, 3.05) is 0 Å². The van der Waals surface area contributed by atoms with Gasteiger partial charge in [-0.05, 0) is 85.4 Å². The quantitative estimate of drug-likeness (QED) is 0.476. The molecule has 4 aliphatic rings. The molecule has 0 aromatic rings. The molecule has 0 saturated heterocycles. The molecule has 0 aromatic heterocycles. The molecule has 4 aliphatic carbocycles. The number of rotatable bonds is 0. The molecule has 0 N–H and O–H groups in total. The van der Waals surface area contributed by atoms with Crippen molar-refractivity contribution < 1.29 is 0 Å². The van der Waals surface area contributed by atoms with Gasteiger partial charge in [-0.3, -0.25) is 0 Å². The molecule has 0 heteroatoms. The predicted molar refractivity (Wildman–Crippen MR) is 85.5 cm³/mol. The molecular formula is C20H32. The van der Waals surface area contributed by atoms with Gasteiger partial charge in [0.15, 0.2) is 0 Å². The van der Waals surface area contributed by atoms with E-state index in [2.05, 4.69) is 27.4 Å². The van der Waals surface area contributed by atoms with E-state index in [0.29, 0.717) is 16.2 Å². The van der Waals surface area contributed by atoms with E-state index < -0.39 is 0 Å². The standard InChI is InChI=1S/C20H32/c1-14-12-20-11-8-16-18(2,3)9-5-10-19(16,4)17(20)7-6-15(14)13-20/h15-17H,1,5-13H2,2-4H3/t15-,16+,17-,19+,20+/m0/s1. The highest BCUT2D eigenvalue weighted by Gasteiger charge is 2.62. The Morgan fingerprint density at radius 3 is 2.55 bits per heavy atom. The maximum atomic E-state index is 4.44. The monoisotopic (exact) mass is 272 g/mol. The first-order valence-electron chi connectivity index (χ1n) is 9.05. The highest BCUT2D eigenvalue weighted by molar-refractivity contribution is 5.22. The number of hydrogen-bond donors (Lipinski definition) is 0. The summed E-state index contributed by atoms with van der Waals surface area (Å²) in [6.45, 7) is 12.2. The lowest BCUT2D eigenvalue weighted by atomic mass is 9.41. The first-order chi connectivity index (χ1) is 9.37. The molecule has 2 bridgehead atoms. The Bertz CT molecular complexity index is 445. The van der Waals surface area contributed by atoms with Crippen LogP contribution in [0.15, 0.2) is 12.2 Å². The lowest BCUT2D eigenvalue weighted by Crippen LogP contribution is -2.55. The Balaban J connectivity index is 1.74. The molecule has 20 heavy (non-hydrogen) atoms. The lowest BCUT2D eigenvalue weighted by Gasteiger charge is -2.64. The molecule has 0 unspecified atom stereocenters. The van der Waals surface area contributed by atoms with E-state index in [4.69, 9.17) is 0 Å². The van der Waals surface area contributed by atoms with Crippen LogP contribution < -0.4 is 0 Å². The Hall–Kier alpha value is -0.260. The molecule has 0 heterocycles. The fourth-order valence-electron chi connectivity index (χ4n) is 7.68. The van der Waals surface area contributed by atoms with Gasteiger partial charge in [-0.25, -0.2) is 0 Å². The smallest absolute Gasteiger partial charge is 0.0200 e.